The van der Waals surface area contributed by atoms with E-state index in [9.17, 15) is 4.79 Å². The lowest BCUT2D eigenvalue weighted by Crippen LogP contribution is -2.31. The van der Waals surface area contributed by atoms with Gasteiger partial charge in [-0.25, -0.2) is 0 Å². The van der Waals surface area contributed by atoms with E-state index in [4.69, 9.17) is 9.84 Å². The molecule has 21 heavy (non-hydrogen) atoms. The summed E-state index contributed by atoms with van der Waals surface area (Å²) in [6, 6.07) is 5.85. The number of ether oxygens (including phenoxy) is 1. The van der Waals surface area contributed by atoms with Crippen LogP contribution in [0.5, 0.6) is 5.75 Å². The molecule has 0 radical (unpaired) electrons. The first kappa shape index (κ1) is 17.5. The van der Waals surface area contributed by atoms with Crippen LogP contribution in [0.15, 0.2) is 18.2 Å². The summed E-state index contributed by atoms with van der Waals surface area (Å²) in [5, 5.41) is 12.0. The Labute approximate surface area is 127 Å². The van der Waals surface area contributed by atoms with Crippen molar-refractivity contribution in [2.24, 2.45) is 5.92 Å². The summed E-state index contributed by atoms with van der Waals surface area (Å²) >= 11 is 0. The lowest BCUT2D eigenvalue weighted by Gasteiger charge is -2.16. The van der Waals surface area contributed by atoms with E-state index in [0.29, 0.717) is 18.9 Å². The van der Waals surface area contributed by atoms with Gasteiger partial charge in [0.2, 0.25) is 5.91 Å². The first-order chi connectivity index (χ1) is 10.1. The fraction of sp³-hybridized carbons (Fsp3) is 0.588. The Kier molecular flexibility index (Phi) is 7.83. The topological polar surface area (TPSA) is 58.6 Å². The molecule has 4 nitrogen and oxygen atoms in total. The van der Waals surface area contributed by atoms with Crippen LogP contribution in [0.25, 0.3) is 0 Å². The zero-order valence-electron chi connectivity index (χ0n) is 13.3. The van der Waals surface area contributed by atoms with Gasteiger partial charge in [0.05, 0.1) is 13.5 Å². The summed E-state index contributed by atoms with van der Waals surface area (Å²) in [4.78, 5) is 12.1. The van der Waals surface area contributed by atoms with E-state index in [-0.39, 0.29) is 12.5 Å². The van der Waals surface area contributed by atoms with Gasteiger partial charge in [-0.1, -0.05) is 31.0 Å². The van der Waals surface area contributed by atoms with Crippen molar-refractivity contribution in [2.75, 3.05) is 20.3 Å². The molecule has 0 saturated carbocycles. The van der Waals surface area contributed by atoms with E-state index in [1.54, 1.807) is 7.11 Å². The number of carbonyl (C=O) groups excluding carboxylic acids is 1. The monoisotopic (exact) mass is 293 g/mol. The van der Waals surface area contributed by atoms with Crippen LogP contribution in [0.2, 0.25) is 0 Å². The number of amides is 1. The number of carbonyl (C=O) groups is 1. The number of aryl methyl sites for hydroxylation is 1. The van der Waals surface area contributed by atoms with Crippen molar-refractivity contribution in [1.29, 1.82) is 0 Å². The molecule has 0 aromatic heterocycles. The molecule has 0 fully saturated rings. The molecule has 0 aliphatic heterocycles. The third kappa shape index (κ3) is 6.17. The van der Waals surface area contributed by atoms with Gasteiger partial charge in [-0.3, -0.25) is 4.79 Å². The lowest BCUT2D eigenvalue weighted by atomic mass is 10.00. The first-order valence-corrected chi connectivity index (χ1v) is 7.61. The maximum atomic E-state index is 12.1. The van der Waals surface area contributed by atoms with Crippen LogP contribution in [-0.2, 0) is 11.2 Å². The zero-order chi connectivity index (χ0) is 15.7. The van der Waals surface area contributed by atoms with Crippen molar-refractivity contribution in [1.82, 2.24) is 5.32 Å². The van der Waals surface area contributed by atoms with Gasteiger partial charge < -0.3 is 15.2 Å². The molecule has 1 unspecified atom stereocenters. The highest BCUT2D eigenvalue weighted by atomic mass is 16.5. The number of hydrogen-bond acceptors (Lipinski definition) is 3. The number of aliphatic hydroxyl groups is 1. The molecule has 1 aromatic carbocycles. The summed E-state index contributed by atoms with van der Waals surface area (Å²) in [5.41, 5.74) is 2.02. The van der Waals surface area contributed by atoms with Crippen molar-refractivity contribution in [3.05, 3.63) is 29.3 Å². The fourth-order valence-corrected chi connectivity index (χ4v) is 2.48. The average molecular weight is 293 g/mol. The normalized spacial score (nSPS) is 12.0. The zero-order valence-corrected chi connectivity index (χ0v) is 13.3. The van der Waals surface area contributed by atoms with Gasteiger partial charge in [0.15, 0.2) is 0 Å². The molecule has 1 rings (SSSR count). The number of hydrogen-bond donors (Lipinski definition) is 2. The average Bonchev–Trinajstić information content (AvgIpc) is 2.45. The summed E-state index contributed by atoms with van der Waals surface area (Å²) < 4.78 is 5.29. The quantitative estimate of drug-likeness (QED) is 0.735. The minimum Gasteiger partial charge on any atom is -0.496 e. The van der Waals surface area contributed by atoms with E-state index < -0.39 is 0 Å². The predicted molar refractivity (Wildman–Crippen MR) is 84.5 cm³/mol. The van der Waals surface area contributed by atoms with Gasteiger partial charge in [0.25, 0.3) is 0 Å². The Morgan fingerprint density at radius 3 is 2.76 bits per heavy atom. The van der Waals surface area contributed by atoms with Crippen molar-refractivity contribution >= 4 is 5.91 Å². The second-order valence-electron chi connectivity index (χ2n) is 5.46. The van der Waals surface area contributed by atoms with Gasteiger partial charge in [0.1, 0.15) is 5.75 Å². The Bertz CT molecular complexity index is 440. The summed E-state index contributed by atoms with van der Waals surface area (Å²) in [7, 11) is 1.62. The maximum Gasteiger partial charge on any atom is 0.224 e. The van der Waals surface area contributed by atoms with Crippen LogP contribution >= 0.6 is 0 Å². The molecule has 4 heteroatoms. The van der Waals surface area contributed by atoms with Crippen LogP contribution in [0.1, 0.15) is 37.3 Å². The van der Waals surface area contributed by atoms with E-state index in [0.717, 1.165) is 36.1 Å². The van der Waals surface area contributed by atoms with Crippen LogP contribution in [0, 0.1) is 12.8 Å². The van der Waals surface area contributed by atoms with Crippen LogP contribution in [0.4, 0.5) is 0 Å². The van der Waals surface area contributed by atoms with Gasteiger partial charge in [0, 0.05) is 18.7 Å². The fourth-order valence-electron chi connectivity index (χ4n) is 2.48. The minimum absolute atomic E-state index is 0.00190. The molecule has 0 aliphatic carbocycles. The molecule has 0 bridgehead atoms. The molecule has 0 saturated heterocycles. The van der Waals surface area contributed by atoms with Crippen molar-refractivity contribution in [3.8, 4) is 5.75 Å². The SMILES string of the molecule is CCCC(CCO)CNC(=O)Cc1cc(C)ccc1OC. The largest absolute Gasteiger partial charge is 0.496 e. The van der Waals surface area contributed by atoms with Crippen LogP contribution in [0.3, 0.4) is 0 Å². The number of methoxy groups -OCH3 is 1. The maximum absolute atomic E-state index is 12.1. The molecule has 1 atom stereocenters. The van der Waals surface area contributed by atoms with E-state index in [2.05, 4.69) is 12.2 Å². The highest BCUT2D eigenvalue weighted by Crippen LogP contribution is 2.20. The van der Waals surface area contributed by atoms with Gasteiger partial charge in [-0.05, 0) is 31.7 Å². The standard InChI is InChI=1S/C17H27NO3/c1-4-5-14(8-9-19)12-18-17(20)11-15-10-13(2)6-7-16(15)21-3/h6-7,10,14,19H,4-5,8-9,11-12H2,1-3H3,(H,18,20). The van der Waals surface area contributed by atoms with Crippen molar-refractivity contribution < 1.29 is 14.6 Å². The molecule has 0 aliphatic rings. The number of aliphatic hydroxyl groups excluding tert-OH is 1. The van der Waals surface area contributed by atoms with Crippen LogP contribution < -0.4 is 10.1 Å². The summed E-state index contributed by atoms with van der Waals surface area (Å²) in [6.07, 6.45) is 3.14. The highest BCUT2D eigenvalue weighted by Gasteiger charge is 2.12. The van der Waals surface area contributed by atoms with Gasteiger partial charge in [-0.2, -0.15) is 0 Å². The smallest absolute Gasteiger partial charge is 0.224 e. The Morgan fingerprint density at radius 2 is 2.14 bits per heavy atom. The second-order valence-corrected chi connectivity index (χ2v) is 5.46. The molecular weight excluding hydrogens is 266 g/mol. The van der Waals surface area contributed by atoms with Crippen LogP contribution in [-0.4, -0.2) is 31.3 Å². The van der Waals surface area contributed by atoms with E-state index in [1.165, 1.54) is 0 Å². The van der Waals surface area contributed by atoms with Gasteiger partial charge in [-0.15, -0.1) is 0 Å². The first-order valence-electron chi connectivity index (χ1n) is 7.61. The summed E-state index contributed by atoms with van der Waals surface area (Å²) in [5.74, 6) is 1.09. The Morgan fingerprint density at radius 1 is 1.38 bits per heavy atom. The third-order valence-corrected chi connectivity index (χ3v) is 3.61. The molecule has 2 N–H and O–H groups in total. The minimum atomic E-state index is -0.00190. The van der Waals surface area contributed by atoms with E-state index >= 15 is 0 Å². The summed E-state index contributed by atoms with van der Waals surface area (Å²) in [6.45, 7) is 4.91. The van der Waals surface area contributed by atoms with E-state index in [1.807, 2.05) is 25.1 Å². The number of rotatable bonds is 9. The predicted octanol–water partition coefficient (Wildman–Crippen LogP) is 2.46. The highest BCUT2D eigenvalue weighted by molar-refractivity contribution is 5.79. The Hall–Kier alpha value is -1.55. The molecule has 1 aromatic rings. The molecule has 118 valence electrons. The van der Waals surface area contributed by atoms with Crippen molar-refractivity contribution in [2.45, 2.75) is 39.5 Å². The number of benzene rings is 1. The van der Waals surface area contributed by atoms with Crippen molar-refractivity contribution in [3.63, 3.8) is 0 Å². The molecule has 1 amide bonds. The second kappa shape index (κ2) is 9.40. The molecular formula is C17H27NO3. The molecule has 0 heterocycles. The number of nitrogens with one attached hydrogen (secondary N) is 1. The molecule has 0 spiro atoms. The van der Waals surface area contributed by atoms with Gasteiger partial charge >= 0.3 is 0 Å². The third-order valence-electron chi connectivity index (χ3n) is 3.61. The Balaban J connectivity index is 2.55. The lowest BCUT2D eigenvalue weighted by molar-refractivity contribution is -0.120.